The number of rotatable bonds is 8. The number of carbonyl (C=O) groups excluding carboxylic acids is 2. The van der Waals surface area contributed by atoms with Crippen LogP contribution in [-0.2, 0) is 19.4 Å². The van der Waals surface area contributed by atoms with E-state index < -0.39 is 51.9 Å². The van der Waals surface area contributed by atoms with Crippen LogP contribution in [0, 0.1) is 5.82 Å². The second-order valence-electron chi connectivity index (χ2n) is 6.21. The van der Waals surface area contributed by atoms with Crippen LogP contribution in [0.5, 0.6) is 0 Å². The van der Waals surface area contributed by atoms with Crippen LogP contribution in [-0.4, -0.2) is 39.5 Å². The summed E-state index contributed by atoms with van der Waals surface area (Å²) in [7, 11) is -4.02. The minimum Gasteiger partial charge on any atom is -0.354 e. The molecule has 1 unspecified atom stereocenters. The lowest BCUT2D eigenvalue weighted by molar-refractivity contribution is -0.173. The average molecular weight is 446 g/mol. The monoisotopic (exact) mass is 446 g/mol. The highest BCUT2D eigenvalue weighted by molar-refractivity contribution is 7.91. The van der Waals surface area contributed by atoms with Crippen molar-refractivity contribution in [1.82, 2.24) is 10.6 Å². The summed E-state index contributed by atoms with van der Waals surface area (Å²) >= 11 is 0. The largest absolute Gasteiger partial charge is 0.471 e. The molecule has 2 rings (SSSR count). The van der Waals surface area contributed by atoms with Crippen LogP contribution in [0.25, 0.3) is 0 Å². The van der Waals surface area contributed by atoms with Crippen LogP contribution < -0.4 is 10.6 Å². The summed E-state index contributed by atoms with van der Waals surface area (Å²) in [4.78, 5) is 22.5. The maximum atomic E-state index is 13.1. The molecule has 2 aromatic rings. The fraction of sp³-hybridized carbons (Fsp3) is 0.263. The van der Waals surface area contributed by atoms with Gasteiger partial charge in [0.1, 0.15) is 11.1 Å². The highest BCUT2D eigenvalue weighted by atomic mass is 32.2. The zero-order valence-corrected chi connectivity index (χ0v) is 16.3. The molecule has 0 fully saturated rings. The molecule has 11 heteroatoms. The van der Waals surface area contributed by atoms with Crippen molar-refractivity contribution in [3.05, 3.63) is 66.0 Å². The van der Waals surface area contributed by atoms with E-state index in [9.17, 15) is 35.6 Å². The highest BCUT2D eigenvalue weighted by Crippen LogP contribution is 2.28. The molecule has 2 aromatic carbocycles. The van der Waals surface area contributed by atoms with E-state index in [-0.39, 0.29) is 11.4 Å². The second-order valence-corrected chi connectivity index (χ2v) is 8.34. The molecular weight excluding hydrogens is 428 g/mol. The third-order valence-corrected chi connectivity index (χ3v) is 6.19. The van der Waals surface area contributed by atoms with Crippen molar-refractivity contribution in [3.8, 4) is 0 Å². The summed E-state index contributed by atoms with van der Waals surface area (Å²) in [5.74, 6) is -3.52. The first-order chi connectivity index (χ1) is 14.0. The number of hydrogen-bond donors (Lipinski definition) is 2. The number of sulfone groups is 1. The molecule has 0 heterocycles. The Morgan fingerprint density at radius 1 is 0.933 bits per heavy atom. The summed E-state index contributed by atoms with van der Waals surface area (Å²) in [5, 5.41) is 2.70. The van der Waals surface area contributed by atoms with Crippen molar-refractivity contribution < 1.29 is 35.6 Å². The molecular formula is C19H18F4N2O4S. The topological polar surface area (TPSA) is 92.3 Å². The van der Waals surface area contributed by atoms with Gasteiger partial charge in [0.15, 0.2) is 9.84 Å². The van der Waals surface area contributed by atoms with E-state index in [1.165, 1.54) is 0 Å². The molecule has 0 aliphatic heterocycles. The zero-order chi connectivity index (χ0) is 22.4. The Hall–Kier alpha value is -2.95. The summed E-state index contributed by atoms with van der Waals surface area (Å²) in [6.45, 7) is -0.930. The summed E-state index contributed by atoms with van der Waals surface area (Å²) in [5.41, 5.74) is 0.368. The first-order valence-corrected chi connectivity index (χ1v) is 10.2. The first-order valence-electron chi connectivity index (χ1n) is 8.68. The fourth-order valence-electron chi connectivity index (χ4n) is 2.55. The Labute approximate surface area is 170 Å². The summed E-state index contributed by atoms with van der Waals surface area (Å²) in [6.07, 6.45) is -5.53. The van der Waals surface area contributed by atoms with Crippen molar-refractivity contribution in [3.63, 3.8) is 0 Å². The number of amides is 2. The first kappa shape index (κ1) is 23.3. The lowest BCUT2D eigenvalue weighted by Crippen LogP contribution is -2.39. The van der Waals surface area contributed by atoms with Gasteiger partial charge in [-0.1, -0.05) is 30.3 Å². The minimum absolute atomic E-state index is 0.149. The van der Waals surface area contributed by atoms with Crippen LogP contribution in [0.1, 0.15) is 17.2 Å². The SMILES string of the molecule is O=C(CCNC(=O)C(F)(F)F)NCC(c1ccccc1)S(=O)(=O)c1ccc(F)cc1. The average Bonchev–Trinajstić information content (AvgIpc) is 2.68. The molecule has 6 nitrogen and oxygen atoms in total. The van der Waals surface area contributed by atoms with Crippen molar-refractivity contribution in [2.75, 3.05) is 13.1 Å². The molecule has 2 amide bonds. The van der Waals surface area contributed by atoms with E-state index in [1.807, 2.05) is 0 Å². The fourth-order valence-corrected chi connectivity index (χ4v) is 4.21. The standard InChI is InChI=1S/C19H18F4N2O4S/c20-14-6-8-15(9-7-14)30(28,29)16(13-4-2-1-3-5-13)12-25-17(26)10-11-24-18(27)19(21,22)23/h1-9,16H,10-12H2,(H,24,27)(H,25,26). The van der Waals surface area contributed by atoms with Gasteiger partial charge in [-0.25, -0.2) is 12.8 Å². The number of benzene rings is 2. The van der Waals surface area contributed by atoms with Gasteiger partial charge < -0.3 is 10.6 Å². The van der Waals surface area contributed by atoms with Gasteiger partial charge in [-0.05, 0) is 29.8 Å². The Balaban J connectivity index is 2.09. The Bertz CT molecular complexity index is 978. The third-order valence-electron chi connectivity index (χ3n) is 4.07. The smallest absolute Gasteiger partial charge is 0.354 e. The van der Waals surface area contributed by atoms with Crippen molar-refractivity contribution >= 4 is 21.7 Å². The number of hydrogen-bond acceptors (Lipinski definition) is 4. The maximum Gasteiger partial charge on any atom is 0.471 e. The van der Waals surface area contributed by atoms with E-state index in [4.69, 9.17) is 0 Å². The van der Waals surface area contributed by atoms with Gasteiger partial charge in [-0.15, -0.1) is 0 Å². The zero-order valence-electron chi connectivity index (χ0n) is 15.4. The van der Waals surface area contributed by atoms with Crippen molar-refractivity contribution in [2.45, 2.75) is 22.7 Å². The van der Waals surface area contributed by atoms with Gasteiger partial charge >= 0.3 is 12.1 Å². The second kappa shape index (κ2) is 9.70. The van der Waals surface area contributed by atoms with Crippen LogP contribution >= 0.6 is 0 Å². The molecule has 0 aliphatic rings. The maximum absolute atomic E-state index is 13.1. The van der Waals surface area contributed by atoms with Gasteiger partial charge in [0, 0.05) is 19.5 Å². The Kier molecular flexibility index (Phi) is 7.54. The summed E-state index contributed by atoms with van der Waals surface area (Å²) in [6, 6.07) is 12.2. The Morgan fingerprint density at radius 2 is 1.53 bits per heavy atom. The van der Waals surface area contributed by atoms with Gasteiger partial charge in [-0.2, -0.15) is 13.2 Å². The van der Waals surface area contributed by atoms with Crippen LogP contribution in [0.15, 0.2) is 59.5 Å². The molecule has 2 N–H and O–H groups in total. The predicted molar refractivity (Wildman–Crippen MR) is 99.5 cm³/mol. The van der Waals surface area contributed by atoms with Gasteiger partial charge in [0.05, 0.1) is 4.90 Å². The molecule has 0 aliphatic carbocycles. The van der Waals surface area contributed by atoms with Gasteiger partial charge in [-0.3, -0.25) is 9.59 Å². The van der Waals surface area contributed by atoms with Crippen molar-refractivity contribution in [2.24, 2.45) is 0 Å². The molecule has 0 saturated carbocycles. The molecule has 0 bridgehead atoms. The van der Waals surface area contributed by atoms with Crippen LogP contribution in [0.2, 0.25) is 0 Å². The van der Waals surface area contributed by atoms with Crippen LogP contribution in [0.4, 0.5) is 17.6 Å². The van der Waals surface area contributed by atoms with E-state index in [2.05, 4.69) is 5.32 Å². The van der Waals surface area contributed by atoms with Gasteiger partial charge in [0.2, 0.25) is 5.91 Å². The van der Waals surface area contributed by atoms with E-state index in [0.717, 1.165) is 24.3 Å². The summed E-state index contributed by atoms with van der Waals surface area (Å²) < 4.78 is 75.6. The van der Waals surface area contributed by atoms with E-state index >= 15 is 0 Å². The molecule has 1 atom stereocenters. The normalized spacial score (nSPS) is 12.8. The van der Waals surface area contributed by atoms with Crippen molar-refractivity contribution in [1.29, 1.82) is 0 Å². The highest BCUT2D eigenvalue weighted by Gasteiger charge is 2.38. The molecule has 0 saturated heterocycles. The molecule has 162 valence electrons. The van der Waals surface area contributed by atoms with Gasteiger partial charge in [0.25, 0.3) is 0 Å². The number of nitrogens with one attached hydrogen (secondary N) is 2. The number of carbonyl (C=O) groups is 2. The lowest BCUT2D eigenvalue weighted by Gasteiger charge is -2.19. The molecule has 0 radical (unpaired) electrons. The quantitative estimate of drug-likeness (QED) is 0.482. The molecule has 0 spiro atoms. The number of halogens is 4. The third kappa shape index (κ3) is 6.28. The van der Waals surface area contributed by atoms with E-state index in [0.29, 0.717) is 5.56 Å². The lowest BCUT2D eigenvalue weighted by atomic mass is 10.1. The predicted octanol–water partition coefficient (Wildman–Crippen LogP) is 2.53. The molecule has 30 heavy (non-hydrogen) atoms. The number of alkyl halides is 3. The van der Waals surface area contributed by atoms with E-state index in [1.54, 1.807) is 35.6 Å². The minimum atomic E-state index is -5.06. The van der Waals surface area contributed by atoms with Crippen LogP contribution in [0.3, 0.4) is 0 Å². The Morgan fingerprint density at radius 3 is 2.10 bits per heavy atom. The molecule has 0 aromatic heterocycles.